The fourth-order valence-electron chi connectivity index (χ4n) is 3.33. The smallest absolute Gasteiger partial charge is 0.308 e. The van der Waals surface area contributed by atoms with Crippen molar-refractivity contribution in [3.05, 3.63) is 71.8 Å². The molecule has 0 fully saturated rings. The third-order valence-corrected chi connectivity index (χ3v) is 4.99. The van der Waals surface area contributed by atoms with E-state index >= 15 is 0 Å². The van der Waals surface area contributed by atoms with Gasteiger partial charge < -0.3 is 29.2 Å². The van der Waals surface area contributed by atoms with E-state index in [2.05, 4.69) is 0 Å². The standard InChI is InChI=1S/C24H26O7/c1-28-20-10-6-9-18-17(20)11-12-19(23(18)26)24(27)21(13-22(25)29-2)31-15-30-14-16-7-4-3-5-8-16/h3-12,21,24,26-27H,13-15H2,1-2H3/t21-,24-/m1/s1. The third-order valence-electron chi connectivity index (χ3n) is 4.99. The second-order valence-corrected chi connectivity index (χ2v) is 6.94. The number of hydrogen-bond acceptors (Lipinski definition) is 7. The second kappa shape index (κ2) is 10.8. The molecule has 3 aromatic carbocycles. The number of benzene rings is 3. The van der Waals surface area contributed by atoms with Crippen LogP contribution in [0.25, 0.3) is 10.8 Å². The summed E-state index contributed by atoms with van der Waals surface area (Å²) < 4.78 is 21.2. The fraction of sp³-hybridized carbons (Fsp3) is 0.292. The SMILES string of the molecule is COC(=O)C[C@@H](OCOCc1ccccc1)[C@H](O)c1ccc2c(OC)cccc2c1O. The predicted molar refractivity (Wildman–Crippen MR) is 115 cm³/mol. The topological polar surface area (TPSA) is 94.5 Å². The molecule has 0 bridgehead atoms. The minimum Gasteiger partial charge on any atom is -0.507 e. The van der Waals surface area contributed by atoms with Crippen molar-refractivity contribution >= 4 is 16.7 Å². The van der Waals surface area contributed by atoms with Gasteiger partial charge >= 0.3 is 5.97 Å². The van der Waals surface area contributed by atoms with E-state index in [9.17, 15) is 15.0 Å². The largest absolute Gasteiger partial charge is 0.507 e. The molecule has 0 radical (unpaired) electrons. The molecule has 0 amide bonds. The Morgan fingerprint density at radius 1 is 0.968 bits per heavy atom. The van der Waals surface area contributed by atoms with Gasteiger partial charge in [0.25, 0.3) is 0 Å². The van der Waals surface area contributed by atoms with Gasteiger partial charge in [-0.2, -0.15) is 0 Å². The normalized spacial score (nSPS) is 13.0. The zero-order valence-electron chi connectivity index (χ0n) is 17.5. The number of fused-ring (bicyclic) bond motifs is 1. The minimum atomic E-state index is -1.28. The van der Waals surface area contributed by atoms with Crippen LogP contribution in [-0.2, 0) is 25.6 Å². The fourth-order valence-corrected chi connectivity index (χ4v) is 3.33. The number of esters is 1. The van der Waals surface area contributed by atoms with Crippen molar-refractivity contribution in [2.75, 3.05) is 21.0 Å². The van der Waals surface area contributed by atoms with Crippen molar-refractivity contribution in [3.8, 4) is 11.5 Å². The van der Waals surface area contributed by atoms with Crippen molar-refractivity contribution in [1.29, 1.82) is 0 Å². The van der Waals surface area contributed by atoms with Gasteiger partial charge in [-0.1, -0.05) is 54.6 Å². The number of aliphatic hydroxyl groups excluding tert-OH is 1. The van der Waals surface area contributed by atoms with Crippen LogP contribution in [0.15, 0.2) is 60.7 Å². The lowest BCUT2D eigenvalue weighted by atomic mass is 9.97. The maximum Gasteiger partial charge on any atom is 0.308 e. The molecule has 0 aromatic heterocycles. The zero-order chi connectivity index (χ0) is 22.2. The van der Waals surface area contributed by atoms with Crippen molar-refractivity contribution in [1.82, 2.24) is 0 Å². The van der Waals surface area contributed by atoms with Crippen LogP contribution in [0.5, 0.6) is 11.5 Å². The number of methoxy groups -OCH3 is 2. The summed E-state index contributed by atoms with van der Waals surface area (Å²) in [5, 5.41) is 22.9. The van der Waals surface area contributed by atoms with Crippen LogP contribution in [0, 0.1) is 0 Å². The van der Waals surface area contributed by atoms with Gasteiger partial charge in [0.15, 0.2) is 0 Å². The van der Waals surface area contributed by atoms with E-state index in [0.717, 1.165) is 5.56 Å². The quantitative estimate of drug-likeness (QED) is 0.290. The van der Waals surface area contributed by atoms with E-state index in [4.69, 9.17) is 18.9 Å². The van der Waals surface area contributed by atoms with Crippen LogP contribution >= 0.6 is 0 Å². The number of ether oxygens (including phenoxy) is 4. The molecule has 0 aliphatic carbocycles. The third kappa shape index (κ3) is 5.52. The predicted octanol–water partition coefficient (Wildman–Crippen LogP) is 3.71. The Labute approximate surface area is 180 Å². The van der Waals surface area contributed by atoms with Crippen molar-refractivity contribution < 1.29 is 34.0 Å². The van der Waals surface area contributed by atoms with Gasteiger partial charge in [0, 0.05) is 16.3 Å². The van der Waals surface area contributed by atoms with E-state index in [1.165, 1.54) is 7.11 Å². The maximum atomic E-state index is 11.9. The molecule has 3 rings (SSSR count). The molecule has 0 saturated carbocycles. The Morgan fingerprint density at radius 2 is 1.74 bits per heavy atom. The van der Waals surface area contributed by atoms with Crippen LogP contribution in [0.1, 0.15) is 23.7 Å². The van der Waals surface area contributed by atoms with Crippen LogP contribution in [-0.4, -0.2) is 43.3 Å². The van der Waals surface area contributed by atoms with Crippen LogP contribution in [0.4, 0.5) is 0 Å². The van der Waals surface area contributed by atoms with E-state index in [1.807, 2.05) is 30.3 Å². The van der Waals surface area contributed by atoms with Crippen molar-refractivity contribution in [2.24, 2.45) is 0 Å². The number of phenols is 1. The van der Waals surface area contributed by atoms with Gasteiger partial charge in [-0.3, -0.25) is 4.79 Å². The second-order valence-electron chi connectivity index (χ2n) is 6.94. The average Bonchev–Trinajstić information content (AvgIpc) is 2.81. The summed E-state index contributed by atoms with van der Waals surface area (Å²) in [6.45, 7) is 0.179. The lowest BCUT2D eigenvalue weighted by molar-refractivity contribution is -0.158. The molecule has 0 unspecified atom stereocenters. The number of rotatable bonds is 10. The van der Waals surface area contributed by atoms with Gasteiger partial charge in [-0.25, -0.2) is 0 Å². The van der Waals surface area contributed by atoms with Gasteiger partial charge in [-0.05, 0) is 11.6 Å². The first kappa shape index (κ1) is 22.6. The molecule has 7 heteroatoms. The molecule has 2 N–H and O–H groups in total. The minimum absolute atomic E-state index is 0.104. The summed E-state index contributed by atoms with van der Waals surface area (Å²) in [6.07, 6.45) is -2.46. The number of aromatic hydroxyl groups is 1. The number of carbonyl (C=O) groups excluding carboxylic acids is 1. The molecule has 2 atom stereocenters. The molecule has 164 valence electrons. The van der Waals surface area contributed by atoms with Gasteiger partial charge in [0.05, 0.1) is 27.2 Å². The highest BCUT2D eigenvalue weighted by Crippen LogP contribution is 2.38. The first-order valence-corrected chi connectivity index (χ1v) is 9.82. The molecule has 0 spiro atoms. The monoisotopic (exact) mass is 426 g/mol. The van der Waals surface area contributed by atoms with E-state index < -0.39 is 18.2 Å². The van der Waals surface area contributed by atoms with Crippen LogP contribution in [0.2, 0.25) is 0 Å². The number of aliphatic hydroxyl groups is 1. The van der Waals surface area contributed by atoms with Crippen LogP contribution in [0.3, 0.4) is 0 Å². The molecular weight excluding hydrogens is 400 g/mol. The van der Waals surface area contributed by atoms with E-state index in [1.54, 1.807) is 37.4 Å². The number of carbonyl (C=O) groups is 1. The van der Waals surface area contributed by atoms with Crippen molar-refractivity contribution in [2.45, 2.75) is 25.2 Å². The molecule has 0 aliphatic heterocycles. The Bertz CT molecular complexity index is 1000. The first-order chi connectivity index (χ1) is 15.0. The molecular formula is C24H26O7. The van der Waals surface area contributed by atoms with Crippen LogP contribution < -0.4 is 4.74 Å². The molecule has 7 nitrogen and oxygen atoms in total. The highest BCUT2D eigenvalue weighted by molar-refractivity contribution is 5.94. The summed E-state index contributed by atoms with van der Waals surface area (Å²) in [6, 6.07) is 18.1. The van der Waals surface area contributed by atoms with Crippen molar-refractivity contribution in [3.63, 3.8) is 0 Å². The zero-order valence-corrected chi connectivity index (χ0v) is 17.5. The lowest BCUT2D eigenvalue weighted by Crippen LogP contribution is -2.27. The Hall–Kier alpha value is -3.13. The Kier molecular flexibility index (Phi) is 7.83. The summed E-state index contributed by atoms with van der Waals surface area (Å²) in [4.78, 5) is 11.9. The van der Waals surface area contributed by atoms with Gasteiger partial charge in [0.1, 0.15) is 30.5 Å². The van der Waals surface area contributed by atoms with Gasteiger partial charge in [0.2, 0.25) is 0 Å². The average molecular weight is 426 g/mol. The number of phenolic OH excluding ortho intramolecular Hbond substituents is 1. The first-order valence-electron chi connectivity index (χ1n) is 9.82. The molecule has 3 aromatic rings. The molecule has 0 heterocycles. The van der Waals surface area contributed by atoms with E-state index in [0.29, 0.717) is 23.1 Å². The Balaban J connectivity index is 1.76. The highest BCUT2D eigenvalue weighted by Gasteiger charge is 2.28. The summed E-state index contributed by atoms with van der Waals surface area (Å²) >= 11 is 0. The van der Waals surface area contributed by atoms with Gasteiger partial charge in [-0.15, -0.1) is 0 Å². The summed E-state index contributed by atoms with van der Waals surface area (Å²) in [7, 11) is 2.81. The van der Waals surface area contributed by atoms with E-state index in [-0.39, 0.29) is 24.5 Å². The summed E-state index contributed by atoms with van der Waals surface area (Å²) in [5.74, 6) is -0.0489. The maximum absolute atomic E-state index is 11.9. The number of hydrogen-bond donors (Lipinski definition) is 2. The highest BCUT2D eigenvalue weighted by atomic mass is 16.7. The molecule has 0 aliphatic rings. The molecule has 31 heavy (non-hydrogen) atoms. The Morgan fingerprint density at radius 3 is 2.45 bits per heavy atom. The molecule has 0 saturated heterocycles. The summed E-state index contributed by atoms with van der Waals surface area (Å²) in [5.41, 5.74) is 1.20. The lowest BCUT2D eigenvalue weighted by Gasteiger charge is -2.24.